The zero-order valence-electron chi connectivity index (χ0n) is 15.0. The van der Waals surface area contributed by atoms with Crippen molar-refractivity contribution < 1.29 is 14.6 Å². The first-order chi connectivity index (χ1) is 11.9. The number of carbonyl (C=O) groups is 1. The van der Waals surface area contributed by atoms with Crippen LogP contribution in [0.5, 0.6) is 0 Å². The molecule has 1 fully saturated rings. The molecule has 1 N–H and O–H groups in total. The average molecular weight is 336 g/mol. The average Bonchev–Trinajstić information content (AvgIpc) is 2.66. The second kappa shape index (κ2) is 6.49. The first-order valence-corrected chi connectivity index (χ1v) is 8.66. The highest BCUT2D eigenvalue weighted by Crippen LogP contribution is 2.62. The lowest BCUT2D eigenvalue weighted by Gasteiger charge is -2.55. The van der Waals surface area contributed by atoms with E-state index in [0.717, 1.165) is 22.3 Å². The van der Waals surface area contributed by atoms with Crippen LogP contribution in [0, 0.1) is 5.41 Å². The van der Waals surface area contributed by atoms with E-state index in [1.807, 2.05) is 67.6 Å². The molecule has 0 aliphatic heterocycles. The van der Waals surface area contributed by atoms with Crippen LogP contribution in [0.4, 0.5) is 0 Å². The first kappa shape index (κ1) is 17.4. The van der Waals surface area contributed by atoms with E-state index in [2.05, 4.69) is 0 Å². The fourth-order valence-electron chi connectivity index (χ4n) is 3.78. The van der Waals surface area contributed by atoms with Crippen molar-refractivity contribution in [1.29, 1.82) is 0 Å². The van der Waals surface area contributed by atoms with E-state index in [0.29, 0.717) is 13.0 Å². The molecule has 2 unspecified atom stereocenters. The van der Waals surface area contributed by atoms with Crippen LogP contribution in [0.3, 0.4) is 0 Å². The van der Waals surface area contributed by atoms with E-state index >= 15 is 0 Å². The molecule has 0 saturated heterocycles. The van der Waals surface area contributed by atoms with E-state index in [9.17, 15) is 9.90 Å². The van der Waals surface area contributed by atoms with Gasteiger partial charge in [0.05, 0.1) is 6.61 Å². The maximum atomic E-state index is 12.6. The minimum absolute atomic E-state index is 0.302. The summed E-state index contributed by atoms with van der Waals surface area (Å²) in [5, 5.41) is 11.7. The van der Waals surface area contributed by atoms with Gasteiger partial charge in [-0.2, -0.15) is 0 Å². The fraction of sp³-hybridized carbons (Fsp3) is 0.318. The Hall–Kier alpha value is -2.39. The number of carbonyl (C=O) groups excluding carboxylic acids is 1. The third kappa shape index (κ3) is 2.59. The van der Waals surface area contributed by atoms with E-state index in [1.165, 1.54) is 0 Å². The maximum absolute atomic E-state index is 12.6. The van der Waals surface area contributed by atoms with Gasteiger partial charge in [-0.1, -0.05) is 60.7 Å². The van der Waals surface area contributed by atoms with Crippen LogP contribution in [0.2, 0.25) is 0 Å². The molecule has 3 rings (SSSR count). The highest BCUT2D eigenvalue weighted by molar-refractivity contribution is 5.86. The van der Waals surface area contributed by atoms with Crippen molar-refractivity contribution in [3.8, 4) is 0 Å². The molecule has 2 aromatic carbocycles. The number of allylic oxidation sites excluding steroid dienone is 1. The molecule has 1 aliphatic carbocycles. The summed E-state index contributed by atoms with van der Waals surface area (Å²) in [5.74, 6) is -0.356. The third-order valence-electron chi connectivity index (χ3n) is 5.34. The molecule has 3 nitrogen and oxygen atoms in total. The molecule has 0 bridgehead atoms. The van der Waals surface area contributed by atoms with Crippen molar-refractivity contribution in [3.63, 3.8) is 0 Å². The lowest BCUT2D eigenvalue weighted by atomic mass is 9.51. The highest BCUT2D eigenvalue weighted by atomic mass is 16.5. The summed E-state index contributed by atoms with van der Waals surface area (Å²) in [4.78, 5) is 12.6. The van der Waals surface area contributed by atoms with Crippen LogP contribution >= 0.6 is 0 Å². The molecular weight excluding hydrogens is 312 g/mol. The molecule has 0 aromatic heterocycles. The van der Waals surface area contributed by atoms with Gasteiger partial charge < -0.3 is 9.84 Å². The predicted octanol–water partition coefficient (Wildman–Crippen LogP) is 4.32. The lowest BCUT2D eigenvalue weighted by Crippen LogP contribution is -2.60. The summed E-state index contributed by atoms with van der Waals surface area (Å²) >= 11 is 0. The number of esters is 1. The number of hydrogen-bond acceptors (Lipinski definition) is 3. The summed E-state index contributed by atoms with van der Waals surface area (Å²) in [6.07, 6.45) is 0.484. The van der Waals surface area contributed by atoms with Crippen molar-refractivity contribution in [3.05, 3.63) is 77.4 Å². The van der Waals surface area contributed by atoms with Gasteiger partial charge in [0.2, 0.25) is 0 Å². The van der Waals surface area contributed by atoms with E-state index < -0.39 is 11.0 Å². The van der Waals surface area contributed by atoms with Gasteiger partial charge in [-0.15, -0.1) is 0 Å². The van der Waals surface area contributed by atoms with Gasteiger partial charge in [0, 0.05) is 0 Å². The van der Waals surface area contributed by atoms with Gasteiger partial charge in [-0.05, 0) is 49.5 Å². The highest BCUT2D eigenvalue weighted by Gasteiger charge is 2.65. The van der Waals surface area contributed by atoms with Crippen molar-refractivity contribution in [2.45, 2.75) is 32.8 Å². The second-order valence-electron chi connectivity index (χ2n) is 6.78. The smallest absolute Gasteiger partial charge is 0.315 e. The third-order valence-corrected chi connectivity index (χ3v) is 5.34. The number of hydrogen-bond donors (Lipinski definition) is 1. The van der Waals surface area contributed by atoms with Crippen molar-refractivity contribution in [2.75, 3.05) is 6.61 Å². The largest absolute Gasteiger partial charge is 0.465 e. The Morgan fingerprint density at radius 2 is 1.64 bits per heavy atom. The number of ether oxygens (including phenoxy) is 1. The van der Waals surface area contributed by atoms with Crippen molar-refractivity contribution in [1.82, 2.24) is 0 Å². The van der Waals surface area contributed by atoms with Gasteiger partial charge >= 0.3 is 5.97 Å². The molecule has 0 radical (unpaired) electrons. The standard InChI is InChI=1S/C22H24O3/c1-4-25-20(23)21(3)15-19(16(2)17-11-7-5-8-12-17)22(21,24)18-13-9-6-10-14-18/h5-14,24H,4,15H2,1-3H3/b19-16-. The summed E-state index contributed by atoms with van der Waals surface area (Å²) < 4.78 is 5.28. The van der Waals surface area contributed by atoms with Gasteiger partial charge in [0.1, 0.15) is 11.0 Å². The van der Waals surface area contributed by atoms with Gasteiger partial charge in [-0.3, -0.25) is 4.79 Å². The predicted molar refractivity (Wildman–Crippen MR) is 98.7 cm³/mol. The maximum Gasteiger partial charge on any atom is 0.315 e. The van der Waals surface area contributed by atoms with E-state index in [4.69, 9.17) is 4.74 Å². The summed E-state index contributed by atoms with van der Waals surface area (Å²) in [5.41, 5.74) is 1.31. The van der Waals surface area contributed by atoms with Gasteiger partial charge in [0.15, 0.2) is 0 Å². The molecular formula is C22H24O3. The van der Waals surface area contributed by atoms with E-state index in [-0.39, 0.29) is 5.97 Å². The summed E-state index contributed by atoms with van der Waals surface area (Å²) in [6, 6.07) is 19.4. The van der Waals surface area contributed by atoms with Crippen LogP contribution in [-0.4, -0.2) is 17.7 Å². The lowest BCUT2D eigenvalue weighted by molar-refractivity contribution is -0.183. The second-order valence-corrected chi connectivity index (χ2v) is 6.78. The molecule has 2 aromatic rings. The summed E-state index contributed by atoms with van der Waals surface area (Å²) in [7, 11) is 0. The van der Waals surface area contributed by atoms with Crippen LogP contribution in [0.25, 0.3) is 5.57 Å². The van der Waals surface area contributed by atoms with Crippen molar-refractivity contribution in [2.24, 2.45) is 5.41 Å². The summed E-state index contributed by atoms with van der Waals surface area (Å²) in [6.45, 7) is 5.88. The zero-order chi connectivity index (χ0) is 18.1. The van der Waals surface area contributed by atoms with Crippen LogP contribution in [0.1, 0.15) is 38.3 Å². The molecule has 0 heterocycles. The van der Waals surface area contributed by atoms with Crippen LogP contribution < -0.4 is 0 Å². The van der Waals surface area contributed by atoms with Crippen molar-refractivity contribution >= 4 is 11.5 Å². The SMILES string of the molecule is CCOC(=O)C1(C)C/C(=C(\C)c2ccccc2)C1(O)c1ccccc1. The monoisotopic (exact) mass is 336 g/mol. The number of rotatable bonds is 4. The van der Waals surface area contributed by atoms with Gasteiger partial charge in [0.25, 0.3) is 0 Å². The quantitative estimate of drug-likeness (QED) is 0.846. The molecule has 130 valence electrons. The zero-order valence-corrected chi connectivity index (χ0v) is 15.0. The molecule has 2 atom stereocenters. The molecule has 25 heavy (non-hydrogen) atoms. The molecule has 0 spiro atoms. The Morgan fingerprint density at radius 1 is 1.08 bits per heavy atom. The Kier molecular flexibility index (Phi) is 4.53. The molecule has 3 heteroatoms. The normalized spacial score (nSPS) is 27.4. The molecule has 1 saturated carbocycles. The minimum Gasteiger partial charge on any atom is -0.465 e. The Bertz CT molecular complexity index is 795. The minimum atomic E-state index is -1.36. The Balaban J connectivity index is 2.15. The fourth-order valence-corrected chi connectivity index (χ4v) is 3.78. The van der Waals surface area contributed by atoms with Crippen LogP contribution in [-0.2, 0) is 15.1 Å². The molecule has 0 amide bonds. The number of aliphatic hydroxyl groups is 1. The topological polar surface area (TPSA) is 46.5 Å². The Morgan fingerprint density at radius 3 is 2.20 bits per heavy atom. The Labute approximate surface area is 149 Å². The first-order valence-electron chi connectivity index (χ1n) is 8.66. The van der Waals surface area contributed by atoms with Crippen LogP contribution in [0.15, 0.2) is 66.2 Å². The van der Waals surface area contributed by atoms with Gasteiger partial charge in [-0.25, -0.2) is 0 Å². The molecule has 1 aliphatic rings. The van der Waals surface area contributed by atoms with E-state index in [1.54, 1.807) is 13.8 Å². The number of benzene rings is 2.